The number of benzene rings is 2. The van der Waals surface area contributed by atoms with E-state index in [0.29, 0.717) is 23.6 Å². The number of hydrogen-bond acceptors (Lipinski definition) is 4. The van der Waals surface area contributed by atoms with E-state index < -0.39 is 6.10 Å². The third-order valence-corrected chi connectivity index (χ3v) is 4.51. The number of ether oxygens (including phenoxy) is 2. The van der Waals surface area contributed by atoms with Gasteiger partial charge in [0, 0.05) is 5.69 Å². The Bertz CT molecular complexity index is 768. The molecule has 0 spiro atoms. The first-order valence-electron chi connectivity index (χ1n) is 10.4. The van der Waals surface area contributed by atoms with Crippen LogP contribution in [0.4, 0.5) is 5.69 Å². The minimum atomic E-state index is -0.643. The number of anilines is 1. The van der Waals surface area contributed by atoms with Gasteiger partial charge in [-0.05, 0) is 61.7 Å². The standard InChI is InChI=1S/C24H31NO4/c1-4-6-7-17-28-24(27)20-11-13-21(14-12-20)25-23(26)18(3)29-22-15-9-19(8-5-2)10-16-22/h9-16,18H,4-8,17H2,1-3H3,(H,25,26). The van der Waals surface area contributed by atoms with Crippen molar-refractivity contribution in [2.75, 3.05) is 11.9 Å². The van der Waals surface area contributed by atoms with Gasteiger partial charge in [-0.25, -0.2) is 4.79 Å². The number of hydrogen-bond donors (Lipinski definition) is 1. The first-order chi connectivity index (χ1) is 14.0. The van der Waals surface area contributed by atoms with Crippen LogP contribution in [0, 0.1) is 0 Å². The van der Waals surface area contributed by atoms with E-state index in [1.165, 1.54) is 5.56 Å². The summed E-state index contributed by atoms with van der Waals surface area (Å²) in [4.78, 5) is 24.4. The van der Waals surface area contributed by atoms with Crippen molar-refractivity contribution in [1.29, 1.82) is 0 Å². The molecule has 1 atom stereocenters. The fourth-order valence-electron chi connectivity index (χ4n) is 2.81. The summed E-state index contributed by atoms with van der Waals surface area (Å²) >= 11 is 0. The van der Waals surface area contributed by atoms with Crippen LogP contribution in [-0.2, 0) is 16.0 Å². The van der Waals surface area contributed by atoms with Gasteiger partial charge in [0.05, 0.1) is 12.2 Å². The molecule has 1 unspecified atom stereocenters. The molecule has 5 nitrogen and oxygen atoms in total. The number of nitrogens with one attached hydrogen (secondary N) is 1. The Morgan fingerprint density at radius 3 is 2.24 bits per heavy atom. The van der Waals surface area contributed by atoms with Crippen LogP contribution in [0.15, 0.2) is 48.5 Å². The molecule has 0 aliphatic heterocycles. The quantitative estimate of drug-likeness (QED) is 0.408. The number of aryl methyl sites for hydroxylation is 1. The largest absolute Gasteiger partial charge is 0.481 e. The van der Waals surface area contributed by atoms with E-state index in [1.54, 1.807) is 31.2 Å². The van der Waals surface area contributed by atoms with Crippen LogP contribution >= 0.6 is 0 Å². The van der Waals surface area contributed by atoms with Crippen molar-refractivity contribution < 1.29 is 19.1 Å². The number of amides is 1. The first-order valence-corrected chi connectivity index (χ1v) is 10.4. The van der Waals surface area contributed by atoms with Gasteiger partial charge in [-0.1, -0.05) is 45.2 Å². The van der Waals surface area contributed by atoms with E-state index in [4.69, 9.17) is 9.47 Å². The molecule has 1 N–H and O–H groups in total. The highest BCUT2D eigenvalue weighted by Gasteiger charge is 2.15. The van der Waals surface area contributed by atoms with Crippen molar-refractivity contribution in [3.8, 4) is 5.75 Å². The summed E-state index contributed by atoms with van der Waals surface area (Å²) < 4.78 is 11.0. The van der Waals surface area contributed by atoms with E-state index in [-0.39, 0.29) is 11.9 Å². The van der Waals surface area contributed by atoms with Crippen molar-refractivity contribution in [3.63, 3.8) is 0 Å². The Labute approximate surface area is 173 Å². The Kier molecular flexibility index (Phi) is 9.22. The zero-order chi connectivity index (χ0) is 21.1. The van der Waals surface area contributed by atoms with Crippen molar-refractivity contribution in [1.82, 2.24) is 0 Å². The summed E-state index contributed by atoms with van der Waals surface area (Å²) in [6, 6.07) is 14.5. The van der Waals surface area contributed by atoms with Crippen LogP contribution < -0.4 is 10.1 Å². The minimum absolute atomic E-state index is 0.252. The van der Waals surface area contributed by atoms with Crippen molar-refractivity contribution in [2.45, 2.75) is 59.0 Å². The summed E-state index contributed by atoms with van der Waals surface area (Å²) in [6.07, 6.45) is 4.47. The predicted molar refractivity (Wildman–Crippen MR) is 115 cm³/mol. The second-order valence-corrected chi connectivity index (χ2v) is 7.06. The summed E-state index contributed by atoms with van der Waals surface area (Å²) in [5.74, 6) is 0.0633. The van der Waals surface area contributed by atoms with Crippen LogP contribution in [-0.4, -0.2) is 24.6 Å². The van der Waals surface area contributed by atoms with Crippen molar-refractivity contribution in [3.05, 3.63) is 59.7 Å². The second kappa shape index (κ2) is 11.9. The molecular weight excluding hydrogens is 366 g/mol. The molecule has 29 heavy (non-hydrogen) atoms. The van der Waals surface area contributed by atoms with Gasteiger partial charge in [0.1, 0.15) is 5.75 Å². The minimum Gasteiger partial charge on any atom is -0.481 e. The number of unbranched alkanes of at least 4 members (excludes halogenated alkanes) is 2. The number of esters is 1. The molecule has 0 saturated carbocycles. The summed E-state index contributed by atoms with van der Waals surface area (Å²) in [5, 5.41) is 2.80. The third-order valence-electron chi connectivity index (χ3n) is 4.51. The summed E-state index contributed by atoms with van der Waals surface area (Å²) in [7, 11) is 0. The maximum absolute atomic E-state index is 12.4. The monoisotopic (exact) mass is 397 g/mol. The van der Waals surface area contributed by atoms with Crippen LogP contribution in [0.2, 0.25) is 0 Å². The molecule has 2 rings (SSSR count). The SMILES string of the molecule is CCCCCOC(=O)c1ccc(NC(=O)C(C)Oc2ccc(CCC)cc2)cc1. The molecule has 0 bridgehead atoms. The lowest BCUT2D eigenvalue weighted by Gasteiger charge is -2.15. The van der Waals surface area contributed by atoms with Gasteiger partial charge < -0.3 is 14.8 Å². The maximum Gasteiger partial charge on any atom is 0.338 e. The van der Waals surface area contributed by atoms with Gasteiger partial charge in [-0.2, -0.15) is 0 Å². The molecule has 0 fully saturated rings. The molecule has 2 aromatic carbocycles. The zero-order valence-corrected chi connectivity index (χ0v) is 17.6. The second-order valence-electron chi connectivity index (χ2n) is 7.06. The molecular formula is C24H31NO4. The van der Waals surface area contributed by atoms with Gasteiger partial charge in [0.25, 0.3) is 5.91 Å². The number of carbonyl (C=O) groups is 2. The van der Waals surface area contributed by atoms with Crippen LogP contribution in [0.5, 0.6) is 5.75 Å². The topological polar surface area (TPSA) is 64.6 Å². The van der Waals surface area contributed by atoms with E-state index >= 15 is 0 Å². The molecule has 156 valence electrons. The molecule has 0 heterocycles. The lowest BCUT2D eigenvalue weighted by atomic mass is 10.1. The van der Waals surface area contributed by atoms with Gasteiger partial charge in [-0.3, -0.25) is 4.79 Å². The summed E-state index contributed by atoms with van der Waals surface area (Å²) in [6.45, 7) is 6.38. The van der Waals surface area contributed by atoms with Crippen molar-refractivity contribution in [2.24, 2.45) is 0 Å². The normalized spacial score (nSPS) is 11.6. The summed E-state index contributed by atoms with van der Waals surface area (Å²) in [5.41, 5.74) is 2.32. The fourth-order valence-corrected chi connectivity index (χ4v) is 2.81. The van der Waals surface area contributed by atoms with E-state index in [9.17, 15) is 9.59 Å². The zero-order valence-electron chi connectivity index (χ0n) is 17.6. The van der Waals surface area contributed by atoms with E-state index in [2.05, 4.69) is 19.2 Å². The van der Waals surface area contributed by atoms with Gasteiger partial charge >= 0.3 is 5.97 Å². The molecule has 0 saturated heterocycles. The van der Waals surface area contributed by atoms with Crippen LogP contribution in [0.25, 0.3) is 0 Å². The molecule has 1 amide bonds. The molecule has 0 aromatic heterocycles. The Morgan fingerprint density at radius 2 is 1.62 bits per heavy atom. The number of carbonyl (C=O) groups excluding carboxylic acids is 2. The lowest BCUT2D eigenvalue weighted by Crippen LogP contribution is -2.30. The van der Waals surface area contributed by atoms with E-state index in [1.807, 2.05) is 24.3 Å². The molecule has 5 heteroatoms. The van der Waals surface area contributed by atoms with Crippen LogP contribution in [0.3, 0.4) is 0 Å². The molecule has 0 aliphatic rings. The van der Waals surface area contributed by atoms with Gasteiger partial charge in [0.15, 0.2) is 6.10 Å². The van der Waals surface area contributed by atoms with Gasteiger partial charge in [-0.15, -0.1) is 0 Å². The highest BCUT2D eigenvalue weighted by Crippen LogP contribution is 2.16. The Morgan fingerprint density at radius 1 is 0.931 bits per heavy atom. The highest BCUT2D eigenvalue weighted by atomic mass is 16.5. The third kappa shape index (κ3) is 7.60. The van der Waals surface area contributed by atoms with Gasteiger partial charge in [0.2, 0.25) is 0 Å². The molecule has 0 aliphatic carbocycles. The molecule has 2 aromatic rings. The predicted octanol–water partition coefficient (Wildman–Crippen LogP) is 5.39. The fraction of sp³-hybridized carbons (Fsp3) is 0.417. The number of rotatable bonds is 11. The average molecular weight is 398 g/mol. The van der Waals surface area contributed by atoms with Crippen molar-refractivity contribution >= 4 is 17.6 Å². The first kappa shape index (κ1) is 22.5. The lowest BCUT2D eigenvalue weighted by molar-refractivity contribution is -0.122. The molecule has 0 radical (unpaired) electrons. The average Bonchev–Trinajstić information content (AvgIpc) is 2.73. The Balaban J connectivity index is 1.83. The Hall–Kier alpha value is -2.82. The maximum atomic E-state index is 12.4. The van der Waals surface area contributed by atoms with Crippen LogP contribution in [0.1, 0.15) is 62.4 Å². The highest BCUT2D eigenvalue weighted by molar-refractivity contribution is 5.95. The smallest absolute Gasteiger partial charge is 0.338 e. The van der Waals surface area contributed by atoms with E-state index in [0.717, 1.165) is 32.1 Å².